The van der Waals surface area contributed by atoms with Gasteiger partial charge >= 0.3 is 0 Å². The molecule has 0 aliphatic carbocycles. The van der Waals surface area contributed by atoms with E-state index in [-0.39, 0.29) is 5.91 Å². The van der Waals surface area contributed by atoms with Crippen LogP contribution in [-0.4, -0.2) is 25.1 Å². The molecule has 150 valence electrons. The van der Waals surface area contributed by atoms with Gasteiger partial charge < -0.3 is 20.1 Å². The number of nitrogens with zero attached hydrogens (tertiary/aromatic N) is 1. The van der Waals surface area contributed by atoms with E-state index in [2.05, 4.69) is 15.6 Å². The molecule has 29 heavy (non-hydrogen) atoms. The molecule has 0 saturated heterocycles. The van der Waals surface area contributed by atoms with Gasteiger partial charge in [0.25, 0.3) is 5.91 Å². The molecule has 3 aromatic rings. The summed E-state index contributed by atoms with van der Waals surface area (Å²) < 4.78 is 10.6. The van der Waals surface area contributed by atoms with E-state index in [0.29, 0.717) is 30.3 Å². The number of ether oxygens (including phenoxy) is 2. The maximum Gasteiger partial charge on any atom is 0.270 e. The van der Waals surface area contributed by atoms with Crippen LogP contribution in [0.3, 0.4) is 0 Å². The number of aromatic nitrogens is 1. The normalized spacial score (nSPS) is 10.3. The second kappa shape index (κ2) is 9.59. The molecule has 0 saturated carbocycles. The smallest absolute Gasteiger partial charge is 0.270 e. The molecular weight excluding hydrogens is 366 g/mol. The van der Waals surface area contributed by atoms with Crippen LogP contribution in [0.4, 0.5) is 5.69 Å². The second-order valence-corrected chi connectivity index (χ2v) is 6.64. The highest BCUT2D eigenvalue weighted by Crippen LogP contribution is 2.27. The van der Waals surface area contributed by atoms with Crippen LogP contribution in [0.2, 0.25) is 0 Å². The minimum absolute atomic E-state index is 0.208. The van der Waals surface area contributed by atoms with Gasteiger partial charge in [-0.1, -0.05) is 35.9 Å². The van der Waals surface area contributed by atoms with Crippen LogP contribution in [0.1, 0.15) is 27.2 Å². The molecule has 1 aromatic heterocycles. The van der Waals surface area contributed by atoms with Crippen molar-refractivity contribution < 1.29 is 14.3 Å². The lowest BCUT2D eigenvalue weighted by molar-refractivity contribution is 0.0946. The molecule has 0 bridgehead atoms. The Morgan fingerprint density at radius 3 is 2.34 bits per heavy atom. The zero-order valence-electron chi connectivity index (χ0n) is 16.9. The maximum atomic E-state index is 12.4. The maximum absolute atomic E-state index is 12.4. The summed E-state index contributed by atoms with van der Waals surface area (Å²) in [6.07, 6.45) is 1.62. The molecule has 0 aliphatic heterocycles. The molecule has 0 spiro atoms. The fourth-order valence-electron chi connectivity index (χ4n) is 2.84. The highest BCUT2D eigenvalue weighted by atomic mass is 16.5. The summed E-state index contributed by atoms with van der Waals surface area (Å²) in [5.41, 5.74) is 4.45. The minimum atomic E-state index is -0.208. The van der Waals surface area contributed by atoms with Gasteiger partial charge in [0.1, 0.15) is 5.69 Å². The monoisotopic (exact) mass is 391 g/mol. The lowest BCUT2D eigenvalue weighted by Gasteiger charge is -2.11. The zero-order valence-corrected chi connectivity index (χ0v) is 16.9. The fraction of sp³-hybridized carbons (Fsp3) is 0.217. The number of hydrogen-bond donors (Lipinski definition) is 2. The number of carbonyl (C=O) groups is 1. The molecule has 3 rings (SSSR count). The van der Waals surface area contributed by atoms with Crippen LogP contribution in [-0.2, 0) is 13.1 Å². The van der Waals surface area contributed by atoms with Gasteiger partial charge in [0.05, 0.1) is 14.2 Å². The molecule has 1 amide bonds. The van der Waals surface area contributed by atoms with Gasteiger partial charge in [0.2, 0.25) is 0 Å². The van der Waals surface area contributed by atoms with Gasteiger partial charge in [-0.3, -0.25) is 9.78 Å². The van der Waals surface area contributed by atoms with Crippen molar-refractivity contribution in [1.82, 2.24) is 10.3 Å². The number of rotatable bonds is 8. The predicted molar refractivity (Wildman–Crippen MR) is 113 cm³/mol. The number of benzene rings is 2. The Balaban J connectivity index is 1.60. The van der Waals surface area contributed by atoms with Gasteiger partial charge in [0, 0.05) is 25.0 Å². The molecule has 0 atom stereocenters. The number of hydrogen-bond acceptors (Lipinski definition) is 5. The highest BCUT2D eigenvalue weighted by Gasteiger charge is 2.09. The topological polar surface area (TPSA) is 72.5 Å². The molecule has 2 N–H and O–H groups in total. The Morgan fingerprint density at radius 2 is 1.62 bits per heavy atom. The molecule has 0 radical (unpaired) electrons. The Morgan fingerprint density at radius 1 is 0.897 bits per heavy atom. The first kappa shape index (κ1) is 20.2. The lowest BCUT2D eigenvalue weighted by atomic mass is 10.1. The molecule has 6 heteroatoms. The fourth-order valence-corrected chi connectivity index (χ4v) is 2.84. The Hall–Kier alpha value is -3.54. The van der Waals surface area contributed by atoms with E-state index in [1.165, 1.54) is 5.56 Å². The average molecular weight is 391 g/mol. The Labute approximate surface area is 170 Å². The van der Waals surface area contributed by atoms with Gasteiger partial charge in [-0.05, 0) is 42.3 Å². The summed E-state index contributed by atoms with van der Waals surface area (Å²) in [5.74, 6) is 1.16. The first-order valence-electron chi connectivity index (χ1n) is 9.33. The van der Waals surface area contributed by atoms with Crippen LogP contribution >= 0.6 is 0 Å². The van der Waals surface area contributed by atoms with E-state index in [1.54, 1.807) is 26.5 Å². The molecule has 6 nitrogen and oxygen atoms in total. The predicted octanol–water partition coefficient (Wildman–Crippen LogP) is 3.95. The molecule has 2 aromatic carbocycles. The summed E-state index contributed by atoms with van der Waals surface area (Å²) in [4.78, 5) is 16.6. The number of carbonyl (C=O) groups excluding carboxylic acids is 1. The molecule has 0 unspecified atom stereocenters. The number of nitrogens with one attached hydrogen (secondary N) is 2. The van der Waals surface area contributed by atoms with E-state index in [9.17, 15) is 4.79 Å². The van der Waals surface area contributed by atoms with Crippen molar-refractivity contribution in [3.63, 3.8) is 0 Å². The van der Waals surface area contributed by atoms with Crippen LogP contribution in [0.5, 0.6) is 11.5 Å². The van der Waals surface area contributed by atoms with E-state index >= 15 is 0 Å². The van der Waals surface area contributed by atoms with Crippen LogP contribution in [0, 0.1) is 6.92 Å². The van der Waals surface area contributed by atoms with Crippen LogP contribution in [0.25, 0.3) is 0 Å². The summed E-state index contributed by atoms with van der Waals surface area (Å²) in [5, 5.41) is 6.21. The molecule has 1 heterocycles. The third-order valence-electron chi connectivity index (χ3n) is 4.51. The average Bonchev–Trinajstić information content (AvgIpc) is 2.77. The SMILES string of the molecule is COc1ccc(CNc2ccnc(C(=O)NCc3ccc(C)cc3)c2)cc1OC. The first-order valence-corrected chi connectivity index (χ1v) is 9.33. The number of pyridine rings is 1. The molecule has 0 fully saturated rings. The van der Waals surface area contributed by atoms with E-state index in [1.807, 2.05) is 55.5 Å². The lowest BCUT2D eigenvalue weighted by Crippen LogP contribution is -2.23. The van der Waals surface area contributed by atoms with Gasteiger partial charge in [-0.25, -0.2) is 0 Å². The third-order valence-corrected chi connectivity index (χ3v) is 4.51. The standard InChI is InChI=1S/C23H25N3O3/c1-16-4-6-17(7-5-16)14-26-23(27)20-13-19(10-11-24-20)25-15-18-8-9-21(28-2)22(12-18)29-3/h4-13H,14-15H2,1-3H3,(H,24,25)(H,26,27). The first-order chi connectivity index (χ1) is 14.1. The van der Waals surface area contributed by atoms with Crippen molar-refractivity contribution in [3.8, 4) is 11.5 Å². The van der Waals surface area contributed by atoms with Crippen molar-refractivity contribution in [3.05, 3.63) is 83.2 Å². The van der Waals surface area contributed by atoms with Crippen molar-refractivity contribution in [1.29, 1.82) is 0 Å². The van der Waals surface area contributed by atoms with Crippen molar-refractivity contribution >= 4 is 11.6 Å². The van der Waals surface area contributed by atoms with Crippen LogP contribution in [0.15, 0.2) is 60.8 Å². The number of aryl methyl sites for hydroxylation is 1. The van der Waals surface area contributed by atoms with Crippen molar-refractivity contribution in [2.45, 2.75) is 20.0 Å². The highest BCUT2D eigenvalue weighted by molar-refractivity contribution is 5.93. The van der Waals surface area contributed by atoms with Crippen molar-refractivity contribution in [2.75, 3.05) is 19.5 Å². The van der Waals surface area contributed by atoms with E-state index in [4.69, 9.17) is 9.47 Å². The van der Waals surface area contributed by atoms with Crippen LogP contribution < -0.4 is 20.1 Å². The number of amides is 1. The third kappa shape index (κ3) is 5.48. The molecular formula is C23H25N3O3. The van der Waals surface area contributed by atoms with E-state index < -0.39 is 0 Å². The second-order valence-electron chi connectivity index (χ2n) is 6.64. The van der Waals surface area contributed by atoms with Crippen molar-refractivity contribution in [2.24, 2.45) is 0 Å². The summed E-state index contributed by atoms with van der Waals surface area (Å²) >= 11 is 0. The largest absolute Gasteiger partial charge is 0.493 e. The number of methoxy groups -OCH3 is 2. The Kier molecular flexibility index (Phi) is 6.68. The quantitative estimate of drug-likeness (QED) is 0.608. The zero-order chi connectivity index (χ0) is 20.6. The van der Waals surface area contributed by atoms with Gasteiger partial charge in [0.15, 0.2) is 11.5 Å². The summed E-state index contributed by atoms with van der Waals surface area (Å²) in [6.45, 7) is 3.08. The minimum Gasteiger partial charge on any atom is -0.493 e. The van der Waals surface area contributed by atoms with E-state index in [0.717, 1.165) is 16.8 Å². The molecule has 0 aliphatic rings. The van der Waals surface area contributed by atoms with Gasteiger partial charge in [-0.2, -0.15) is 0 Å². The Bertz CT molecular complexity index is 971. The summed E-state index contributed by atoms with van der Waals surface area (Å²) in [6, 6.07) is 17.4. The number of anilines is 1. The summed E-state index contributed by atoms with van der Waals surface area (Å²) in [7, 11) is 3.22. The van der Waals surface area contributed by atoms with Gasteiger partial charge in [-0.15, -0.1) is 0 Å².